The van der Waals surface area contributed by atoms with Crippen LogP contribution in [0.5, 0.6) is 0 Å². The van der Waals surface area contributed by atoms with Crippen LogP contribution in [0.25, 0.3) is 11.3 Å². The van der Waals surface area contributed by atoms with E-state index in [9.17, 15) is 9.59 Å². The Morgan fingerprint density at radius 2 is 1.96 bits per heavy atom. The van der Waals surface area contributed by atoms with E-state index < -0.39 is 0 Å². The molecule has 2 N–H and O–H groups in total. The number of nitrogens with one attached hydrogen (secondary N) is 2. The minimum Gasteiger partial charge on any atom is -0.352 e. The number of piperidine rings is 1. The van der Waals surface area contributed by atoms with Gasteiger partial charge in [0.25, 0.3) is 11.5 Å². The van der Waals surface area contributed by atoms with Crippen LogP contribution in [-0.4, -0.2) is 42.0 Å². The Morgan fingerprint density at radius 1 is 1.18 bits per heavy atom. The lowest BCUT2D eigenvalue weighted by atomic mass is 9.99. The van der Waals surface area contributed by atoms with Gasteiger partial charge in [0, 0.05) is 12.2 Å². The summed E-state index contributed by atoms with van der Waals surface area (Å²) in [5, 5.41) is 2.88. The van der Waals surface area contributed by atoms with E-state index in [1.165, 1.54) is 25.9 Å². The van der Waals surface area contributed by atoms with Crippen LogP contribution in [0.1, 0.15) is 48.5 Å². The molecule has 2 heterocycles. The smallest absolute Gasteiger partial charge is 0.261 e. The first-order valence-electron chi connectivity index (χ1n) is 10.3. The zero-order valence-corrected chi connectivity index (χ0v) is 17.0. The van der Waals surface area contributed by atoms with Gasteiger partial charge in [-0.05, 0) is 81.9 Å². The molecule has 150 valence electrons. The van der Waals surface area contributed by atoms with Gasteiger partial charge in [-0.2, -0.15) is 0 Å². The predicted octanol–water partition coefficient (Wildman–Crippen LogP) is 3.59. The fourth-order valence-electron chi connectivity index (χ4n) is 3.68. The van der Waals surface area contributed by atoms with Gasteiger partial charge < -0.3 is 15.2 Å². The number of aromatic amines is 1. The van der Waals surface area contributed by atoms with Crippen molar-refractivity contribution in [1.29, 1.82) is 0 Å². The third-order valence-electron chi connectivity index (χ3n) is 5.55. The van der Waals surface area contributed by atoms with Gasteiger partial charge in [-0.3, -0.25) is 9.59 Å². The lowest BCUT2D eigenvalue weighted by Gasteiger charge is -2.30. The molecular formula is C23H31N3O2. The molecule has 0 bridgehead atoms. The number of hydrogen-bond donors (Lipinski definition) is 2. The second-order valence-electron chi connectivity index (χ2n) is 7.97. The van der Waals surface area contributed by atoms with Crippen molar-refractivity contribution in [3.8, 4) is 11.3 Å². The maximum absolute atomic E-state index is 12.3. The number of carbonyl (C=O) groups excluding carboxylic acids is 1. The molecule has 5 heteroatoms. The molecule has 1 aliphatic rings. The highest BCUT2D eigenvalue weighted by Crippen LogP contribution is 2.17. The second kappa shape index (κ2) is 9.69. The first-order valence-corrected chi connectivity index (χ1v) is 10.3. The molecule has 0 aliphatic carbocycles. The van der Waals surface area contributed by atoms with Crippen LogP contribution in [0.3, 0.4) is 0 Å². The number of aromatic nitrogens is 1. The Labute approximate surface area is 167 Å². The quantitative estimate of drug-likeness (QED) is 0.721. The molecule has 3 rings (SSSR count). The Hall–Kier alpha value is -2.40. The first-order chi connectivity index (χ1) is 13.5. The largest absolute Gasteiger partial charge is 0.352 e. The molecule has 1 fully saturated rings. The number of amides is 1. The minimum atomic E-state index is -0.348. The van der Waals surface area contributed by atoms with Crippen LogP contribution in [0.4, 0.5) is 0 Å². The number of likely N-dealkylation sites (tertiary alicyclic amines) is 1. The molecule has 1 amide bonds. The van der Waals surface area contributed by atoms with Crippen molar-refractivity contribution in [3.63, 3.8) is 0 Å². The highest BCUT2D eigenvalue weighted by atomic mass is 16.2. The van der Waals surface area contributed by atoms with E-state index in [1.807, 2.05) is 31.2 Å². The van der Waals surface area contributed by atoms with Gasteiger partial charge in [0.15, 0.2) is 0 Å². The third-order valence-corrected chi connectivity index (χ3v) is 5.55. The van der Waals surface area contributed by atoms with E-state index in [2.05, 4.69) is 22.1 Å². The lowest BCUT2D eigenvalue weighted by Crippen LogP contribution is -2.34. The topological polar surface area (TPSA) is 65.2 Å². The Bertz CT molecular complexity index is 851. The van der Waals surface area contributed by atoms with E-state index in [4.69, 9.17) is 0 Å². The van der Waals surface area contributed by atoms with E-state index in [0.717, 1.165) is 42.1 Å². The first kappa shape index (κ1) is 20.3. The maximum Gasteiger partial charge on any atom is 0.261 e. The Balaban J connectivity index is 1.46. The summed E-state index contributed by atoms with van der Waals surface area (Å²) in [6.07, 6.45) is 4.57. The number of carbonyl (C=O) groups is 1. The number of rotatable bonds is 7. The molecular weight excluding hydrogens is 350 g/mol. The zero-order chi connectivity index (χ0) is 19.9. The maximum atomic E-state index is 12.3. The van der Waals surface area contributed by atoms with E-state index in [1.54, 1.807) is 12.1 Å². The molecule has 0 radical (unpaired) electrons. The Kier molecular flexibility index (Phi) is 7.04. The molecule has 1 aliphatic heterocycles. The Morgan fingerprint density at radius 3 is 2.68 bits per heavy atom. The standard InChI is InChI=1S/C23H31N3O2/c1-17-10-14-26(15-11-17)13-4-3-12-24-22(27)20-8-9-21(25-23(20)28)19-7-5-6-18(2)16-19/h5-9,16-17H,3-4,10-15H2,1-2H3,(H,24,27)(H,25,28). The van der Waals surface area contributed by atoms with Crippen LogP contribution in [0, 0.1) is 12.8 Å². The van der Waals surface area contributed by atoms with Crippen molar-refractivity contribution < 1.29 is 4.79 Å². The molecule has 1 aromatic carbocycles. The highest BCUT2D eigenvalue weighted by Gasteiger charge is 2.15. The molecule has 28 heavy (non-hydrogen) atoms. The summed E-state index contributed by atoms with van der Waals surface area (Å²) in [5.74, 6) is 0.551. The number of nitrogens with zero attached hydrogens (tertiary/aromatic N) is 1. The SMILES string of the molecule is Cc1cccc(-c2ccc(C(=O)NCCCCN3CCC(C)CC3)c(=O)[nH]2)c1. The van der Waals surface area contributed by atoms with E-state index >= 15 is 0 Å². The molecule has 1 aromatic heterocycles. The number of aryl methyl sites for hydroxylation is 1. The van der Waals surface area contributed by atoms with Crippen molar-refractivity contribution in [2.75, 3.05) is 26.2 Å². The molecule has 0 saturated carbocycles. The summed E-state index contributed by atoms with van der Waals surface area (Å²) in [5.41, 5.74) is 2.61. The number of H-pyrrole nitrogens is 1. The summed E-state index contributed by atoms with van der Waals surface area (Å²) in [6.45, 7) is 8.40. The third kappa shape index (κ3) is 5.55. The van der Waals surface area contributed by atoms with E-state index in [-0.39, 0.29) is 17.0 Å². The van der Waals surface area contributed by atoms with Gasteiger partial charge >= 0.3 is 0 Å². The zero-order valence-electron chi connectivity index (χ0n) is 17.0. The molecule has 1 saturated heterocycles. The fraction of sp³-hybridized carbons (Fsp3) is 0.478. The van der Waals surface area contributed by atoms with Crippen LogP contribution in [-0.2, 0) is 0 Å². The number of hydrogen-bond acceptors (Lipinski definition) is 3. The summed E-state index contributed by atoms with van der Waals surface area (Å²) in [6, 6.07) is 11.3. The van der Waals surface area contributed by atoms with Crippen molar-refractivity contribution in [2.24, 2.45) is 5.92 Å². The van der Waals surface area contributed by atoms with Crippen molar-refractivity contribution in [1.82, 2.24) is 15.2 Å². The van der Waals surface area contributed by atoms with E-state index in [0.29, 0.717) is 6.54 Å². The summed E-state index contributed by atoms with van der Waals surface area (Å²) < 4.78 is 0. The van der Waals surface area contributed by atoms with Crippen molar-refractivity contribution in [3.05, 3.63) is 57.9 Å². The minimum absolute atomic E-state index is 0.168. The second-order valence-corrected chi connectivity index (χ2v) is 7.97. The van der Waals surface area contributed by atoms with Gasteiger partial charge in [-0.15, -0.1) is 0 Å². The summed E-state index contributed by atoms with van der Waals surface area (Å²) >= 11 is 0. The van der Waals surface area contributed by atoms with Crippen LogP contribution in [0.15, 0.2) is 41.2 Å². The predicted molar refractivity (Wildman–Crippen MR) is 114 cm³/mol. The van der Waals surface area contributed by atoms with Crippen LogP contribution in [0.2, 0.25) is 0 Å². The molecule has 0 spiro atoms. The highest BCUT2D eigenvalue weighted by molar-refractivity contribution is 5.94. The fourth-order valence-corrected chi connectivity index (χ4v) is 3.68. The average molecular weight is 382 g/mol. The van der Waals surface area contributed by atoms with Gasteiger partial charge in [-0.1, -0.05) is 30.7 Å². The van der Waals surface area contributed by atoms with Crippen LogP contribution < -0.4 is 10.9 Å². The molecule has 2 aromatic rings. The van der Waals surface area contributed by atoms with Gasteiger partial charge in [0.05, 0.1) is 0 Å². The normalized spacial score (nSPS) is 15.5. The summed E-state index contributed by atoms with van der Waals surface area (Å²) in [7, 11) is 0. The number of pyridine rings is 1. The average Bonchev–Trinajstić information content (AvgIpc) is 2.69. The molecule has 5 nitrogen and oxygen atoms in total. The van der Waals surface area contributed by atoms with Crippen LogP contribution >= 0.6 is 0 Å². The molecule has 0 atom stereocenters. The van der Waals surface area contributed by atoms with Gasteiger partial charge in [0.1, 0.15) is 5.56 Å². The van der Waals surface area contributed by atoms with Gasteiger partial charge in [-0.25, -0.2) is 0 Å². The monoisotopic (exact) mass is 381 g/mol. The summed E-state index contributed by atoms with van der Waals surface area (Å²) in [4.78, 5) is 30.0. The number of benzene rings is 1. The van der Waals surface area contributed by atoms with Crippen molar-refractivity contribution >= 4 is 5.91 Å². The van der Waals surface area contributed by atoms with Crippen molar-refractivity contribution in [2.45, 2.75) is 39.5 Å². The molecule has 0 unspecified atom stereocenters. The van der Waals surface area contributed by atoms with Gasteiger partial charge in [0.2, 0.25) is 0 Å². The number of unbranched alkanes of at least 4 members (excludes halogenated alkanes) is 1. The lowest BCUT2D eigenvalue weighted by molar-refractivity contribution is 0.0950.